The molecule has 0 unspecified atom stereocenters. The molecule has 0 aromatic heterocycles. The molecule has 0 radical (unpaired) electrons. The van der Waals surface area contributed by atoms with Gasteiger partial charge in [0.2, 0.25) is 0 Å². The van der Waals surface area contributed by atoms with Crippen LogP contribution in [0.2, 0.25) is 0 Å². The summed E-state index contributed by atoms with van der Waals surface area (Å²) in [6, 6.07) is 5.05. The molecule has 4 N–H and O–H groups in total. The Morgan fingerprint density at radius 1 is 1.60 bits per heavy atom. The molecule has 0 bridgehead atoms. The maximum absolute atomic E-state index is 10.5. The van der Waals surface area contributed by atoms with Gasteiger partial charge in [-0.2, -0.15) is 0 Å². The maximum atomic E-state index is 10.5. The number of carbonyl (C=O) groups is 1. The Kier molecular flexibility index (Phi) is 3.68. The first kappa shape index (κ1) is 11.0. The van der Waals surface area contributed by atoms with E-state index < -0.39 is 6.03 Å². The minimum atomic E-state index is -0.535. The van der Waals surface area contributed by atoms with Crippen molar-refractivity contribution in [2.75, 3.05) is 12.4 Å². The number of nitrogens with zero attached hydrogens (tertiary/aromatic N) is 1. The maximum Gasteiger partial charge on any atom is 0.312 e. The number of hydrogen-bond acceptors (Lipinski definition) is 3. The summed E-state index contributed by atoms with van der Waals surface area (Å²) in [7, 11) is 1.80. The van der Waals surface area contributed by atoms with E-state index in [9.17, 15) is 4.79 Å². The Morgan fingerprint density at radius 2 is 2.33 bits per heavy atom. The van der Waals surface area contributed by atoms with Crippen LogP contribution < -0.4 is 16.4 Å². The highest BCUT2D eigenvalue weighted by Crippen LogP contribution is 2.24. The first-order valence-electron chi connectivity index (χ1n) is 4.48. The normalized spacial score (nSPS) is 9.40. The molecular weight excluding hydrogens is 192 g/mol. The molecule has 15 heavy (non-hydrogen) atoms. The van der Waals surface area contributed by atoms with Gasteiger partial charge < -0.3 is 16.4 Å². The number of nitrogens with two attached hydrogens (primary N) is 1. The molecule has 0 heterocycles. The highest BCUT2D eigenvalue weighted by Gasteiger charge is 2.01. The zero-order valence-corrected chi connectivity index (χ0v) is 8.58. The lowest BCUT2D eigenvalue weighted by Crippen LogP contribution is -2.28. The quantitative estimate of drug-likeness (QED) is 0.648. The fourth-order valence-electron chi connectivity index (χ4n) is 1.22. The number of primary amides is 1. The van der Waals surface area contributed by atoms with Gasteiger partial charge >= 0.3 is 6.03 Å². The summed E-state index contributed by atoms with van der Waals surface area (Å²) in [5.74, 6) is 0. The smallest absolute Gasteiger partial charge is 0.312 e. The number of anilines is 1. The van der Waals surface area contributed by atoms with Gasteiger partial charge in [-0.15, -0.1) is 0 Å². The van der Waals surface area contributed by atoms with Crippen LogP contribution in [0.4, 0.5) is 16.2 Å². The number of aliphatic imine (C=N–C) groups is 1. The van der Waals surface area contributed by atoms with Crippen molar-refractivity contribution in [2.24, 2.45) is 10.7 Å². The Hall–Kier alpha value is -2.04. The van der Waals surface area contributed by atoms with E-state index in [0.29, 0.717) is 6.54 Å². The highest BCUT2D eigenvalue weighted by atomic mass is 16.2. The molecule has 2 amide bonds. The third kappa shape index (κ3) is 2.98. The van der Waals surface area contributed by atoms with E-state index in [2.05, 4.69) is 22.3 Å². The van der Waals surface area contributed by atoms with Crippen molar-refractivity contribution in [3.63, 3.8) is 0 Å². The van der Waals surface area contributed by atoms with Crippen molar-refractivity contribution in [1.82, 2.24) is 5.32 Å². The fraction of sp³-hybridized carbons (Fsp3) is 0.200. The predicted octanol–water partition coefficient (Wildman–Crippen LogP) is 1.23. The van der Waals surface area contributed by atoms with E-state index in [1.807, 2.05) is 18.2 Å². The third-order valence-corrected chi connectivity index (χ3v) is 1.97. The van der Waals surface area contributed by atoms with Crippen LogP contribution in [0, 0.1) is 0 Å². The van der Waals surface area contributed by atoms with E-state index in [0.717, 1.165) is 16.9 Å². The summed E-state index contributed by atoms with van der Waals surface area (Å²) in [6.07, 6.45) is 0. The second-order valence-electron chi connectivity index (χ2n) is 2.98. The van der Waals surface area contributed by atoms with Crippen LogP contribution in [0.25, 0.3) is 0 Å². The number of carbonyl (C=O) groups excluding carboxylic acids is 1. The van der Waals surface area contributed by atoms with Gasteiger partial charge in [0.1, 0.15) is 0 Å². The average Bonchev–Trinajstić information content (AvgIpc) is 2.25. The molecule has 1 aromatic rings. The third-order valence-electron chi connectivity index (χ3n) is 1.97. The van der Waals surface area contributed by atoms with Crippen LogP contribution in [0.3, 0.4) is 0 Å². The summed E-state index contributed by atoms with van der Waals surface area (Å²) in [4.78, 5) is 14.4. The van der Waals surface area contributed by atoms with E-state index in [1.54, 1.807) is 7.05 Å². The average molecular weight is 206 g/mol. The van der Waals surface area contributed by atoms with Gasteiger partial charge in [-0.1, -0.05) is 6.07 Å². The summed E-state index contributed by atoms with van der Waals surface area (Å²) in [6.45, 7) is 3.87. The van der Waals surface area contributed by atoms with Crippen LogP contribution in [-0.4, -0.2) is 19.8 Å². The molecule has 80 valence electrons. The van der Waals surface area contributed by atoms with Crippen LogP contribution in [0.1, 0.15) is 5.56 Å². The molecule has 0 fully saturated rings. The lowest BCUT2D eigenvalue weighted by Gasteiger charge is -2.08. The number of benzene rings is 1. The lowest BCUT2D eigenvalue weighted by atomic mass is 10.1. The van der Waals surface area contributed by atoms with Gasteiger partial charge in [0, 0.05) is 13.6 Å². The second-order valence-corrected chi connectivity index (χ2v) is 2.98. The molecule has 0 aliphatic rings. The number of amides is 2. The van der Waals surface area contributed by atoms with E-state index >= 15 is 0 Å². The van der Waals surface area contributed by atoms with Crippen molar-refractivity contribution in [3.05, 3.63) is 23.8 Å². The van der Waals surface area contributed by atoms with Gasteiger partial charge in [-0.25, -0.2) is 4.79 Å². The van der Waals surface area contributed by atoms with E-state index in [1.165, 1.54) is 0 Å². The van der Waals surface area contributed by atoms with Crippen molar-refractivity contribution >= 4 is 24.1 Å². The Morgan fingerprint density at radius 3 is 2.87 bits per heavy atom. The SMILES string of the molecule is C=Nc1ccc(CNC(N)=O)cc1NC. The Balaban J connectivity index is 2.83. The van der Waals surface area contributed by atoms with Crippen LogP contribution in [0.5, 0.6) is 0 Å². The molecule has 0 saturated heterocycles. The zero-order chi connectivity index (χ0) is 11.3. The molecule has 0 aliphatic carbocycles. The molecule has 0 aliphatic heterocycles. The monoisotopic (exact) mass is 206 g/mol. The van der Waals surface area contributed by atoms with Crippen molar-refractivity contribution in [3.8, 4) is 0 Å². The summed E-state index contributed by atoms with van der Waals surface area (Å²) in [5, 5.41) is 5.51. The number of hydrogen-bond donors (Lipinski definition) is 3. The second kappa shape index (κ2) is 4.99. The number of nitrogens with one attached hydrogen (secondary N) is 2. The predicted molar refractivity (Wildman–Crippen MR) is 61.6 cm³/mol. The Bertz CT molecular complexity index is 376. The molecule has 0 atom stereocenters. The highest BCUT2D eigenvalue weighted by molar-refractivity contribution is 5.72. The molecular formula is C10H14N4O. The molecule has 0 spiro atoms. The molecule has 0 saturated carbocycles. The zero-order valence-electron chi connectivity index (χ0n) is 8.58. The number of urea groups is 1. The first-order valence-corrected chi connectivity index (χ1v) is 4.48. The number of rotatable bonds is 4. The first-order chi connectivity index (χ1) is 7.17. The Labute approximate surface area is 88.4 Å². The van der Waals surface area contributed by atoms with E-state index in [4.69, 9.17) is 5.73 Å². The lowest BCUT2D eigenvalue weighted by molar-refractivity contribution is 0.248. The topological polar surface area (TPSA) is 79.5 Å². The van der Waals surface area contributed by atoms with Gasteiger partial charge in [0.15, 0.2) is 0 Å². The van der Waals surface area contributed by atoms with Crippen LogP contribution in [-0.2, 0) is 6.54 Å². The van der Waals surface area contributed by atoms with Gasteiger partial charge in [-0.05, 0) is 24.4 Å². The van der Waals surface area contributed by atoms with Crippen molar-refractivity contribution < 1.29 is 4.79 Å². The largest absolute Gasteiger partial charge is 0.386 e. The van der Waals surface area contributed by atoms with Crippen LogP contribution >= 0.6 is 0 Å². The molecule has 5 nitrogen and oxygen atoms in total. The summed E-state index contributed by atoms with van der Waals surface area (Å²) < 4.78 is 0. The van der Waals surface area contributed by atoms with Crippen LogP contribution in [0.15, 0.2) is 23.2 Å². The summed E-state index contributed by atoms with van der Waals surface area (Å²) >= 11 is 0. The van der Waals surface area contributed by atoms with Gasteiger partial charge in [0.25, 0.3) is 0 Å². The van der Waals surface area contributed by atoms with Crippen molar-refractivity contribution in [2.45, 2.75) is 6.54 Å². The molecule has 1 rings (SSSR count). The van der Waals surface area contributed by atoms with Gasteiger partial charge in [-0.3, -0.25) is 4.99 Å². The summed E-state index contributed by atoms with van der Waals surface area (Å²) in [5.41, 5.74) is 7.57. The standard InChI is InChI=1S/C10H14N4O/c1-12-8-4-3-7(5-9(8)13-2)6-14-10(11)15/h3-5,13H,1,6H2,2H3,(H3,11,14,15). The van der Waals surface area contributed by atoms with Crippen molar-refractivity contribution in [1.29, 1.82) is 0 Å². The fourth-order valence-corrected chi connectivity index (χ4v) is 1.22. The molecule has 1 aromatic carbocycles. The van der Waals surface area contributed by atoms with Gasteiger partial charge in [0.05, 0.1) is 11.4 Å². The minimum absolute atomic E-state index is 0.404. The molecule has 5 heteroatoms. The minimum Gasteiger partial charge on any atom is -0.386 e. The van der Waals surface area contributed by atoms with E-state index in [-0.39, 0.29) is 0 Å².